The van der Waals surface area contributed by atoms with Gasteiger partial charge in [-0.05, 0) is 12.0 Å². The van der Waals surface area contributed by atoms with E-state index in [4.69, 9.17) is 0 Å². The second-order valence-electron chi connectivity index (χ2n) is 4.34. The maximum atomic E-state index is 12.5. The summed E-state index contributed by atoms with van der Waals surface area (Å²) in [5.74, 6) is 0. The molecule has 0 saturated carbocycles. The van der Waals surface area contributed by atoms with E-state index in [0.29, 0.717) is 0 Å². The van der Waals surface area contributed by atoms with Crippen LogP contribution >= 0.6 is 0 Å². The zero-order valence-electron chi connectivity index (χ0n) is 9.74. The Morgan fingerprint density at radius 2 is 2.28 bits per heavy atom. The van der Waals surface area contributed by atoms with Gasteiger partial charge in [-0.1, -0.05) is 18.2 Å². The number of halogens is 2. The second-order valence-corrected chi connectivity index (χ2v) is 4.34. The summed E-state index contributed by atoms with van der Waals surface area (Å²) >= 11 is 0. The topological polar surface area (TPSA) is 29.9 Å². The van der Waals surface area contributed by atoms with Gasteiger partial charge in [0.05, 0.1) is 24.8 Å². The van der Waals surface area contributed by atoms with Crippen molar-refractivity contribution in [3.05, 3.63) is 36.3 Å². The lowest BCUT2D eigenvalue weighted by atomic mass is 10.1. The van der Waals surface area contributed by atoms with Crippen LogP contribution in [0.3, 0.4) is 0 Å². The normalized spacial score (nSPS) is 13.7. The molecule has 2 heterocycles. The molecule has 1 aliphatic rings. The predicted molar refractivity (Wildman–Crippen MR) is 65.9 cm³/mol. The summed E-state index contributed by atoms with van der Waals surface area (Å²) in [5.41, 5.74) is 3.97. The molecule has 1 aromatic carbocycles. The second kappa shape index (κ2) is 4.40. The van der Waals surface area contributed by atoms with Crippen LogP contribution in [0.25, 0.3) is 11.3 Å². The molecule has 1 N–H and O–H groups in total. The molecule has 2 aromatic rings. The summed E-state index contributed by atoms with van der Waals surface area (Å²) < 4.78 is 26.5. The highest BCUT2D eigenvalue weighted by Gasteiger charge is 2.18. The Labute approximate surface area is 103 Å². The molecule has 0 amide bonds. The summed E-state index contributed by atoms with van der Waals surface area (Å²) in [7, 11) is 0. The molecule has 1 aliphatic heterocycles. The fraction of sp³-hybridized carbons (Fsp3) is 0.308. The van der Waals surface area contributed by atoms with Crippen LogP contribution in [-0.4, -0.2) is 22.5 Å². The quantitative estimate of drug-likeness (QED) is 0.906. The van der Waals surface area contributed by atoms with Crippen LogP contribution in [0.2, 0.25) is 0 Å². The van der Waals surface area contributed by atoms with E-state index in [9.17, 15) is 8.78 Å². The number of aromatic nitrogens is 2. The van der Waals surface area contributed by atoms with E-state index in [-0.39, 0.29) is 6.54 Å². The molecule has 0 fully saturated rings. The van der Waals surface area contributed by atoms with Gasteiger partial charge in [-0.2, -0.15) is 0 Å². The zero-order valence-corrected chi connectivity index (χ0v) is 9.74. The summed E-state index contributed by atoms with van der Waals surface area (Å²) in [6.07, 6.45) is 1.70. The van der Waals surface area contributed by atoms with Gasteiger partial charge in [0, 0.05) is 17.8 Å². The van der Waals surface area contributed by atoms with E-state index in [0.717, 1.165) is 29.9 Å². The van der Waals surface area contributed by atoms with Crippen LogP contribution in [0.5, 0.6) is 0 Å². The minimum atomic E-state index is -2.37. The summed E-state index contributed by atoms with van der Waals surface area (Å²) in [4.78, 5) is 3.98. The Morgan fingerprint density at radius 3 is 3.11 bits per heavy atom. The summed E-state index contributed by atoms with van der Waals surface area (Å²) in [5, 5.41) is 3.31. The van der Waals surface area contributed by atoms with Crippen molar-refractivity contribution in [2.45, 2.75) is 19.4 Å². The fourth-order valence-electron chi connectivity index (χ4n) is 2.39. The first-order valence-electron chi connectivity index (χ1n) is 5.90. The number of fused-ring (bicyclic) bond motifs is 1. The lowest BCUT2D eigenvalue weighted by Crippen LogP contribution is -2.07. The molecule has 0 atom stereocenters. The molecule has 3 rings (SSSR count). The van der Waals surface area contributed by atoms with Crippen LogP contribution < -0.4 is 5.32 Å². The first-order valence-corrected chi connectivity index (χ1v) is 5.90. The molecule has 0 unspecified atom stereocenters. The smallest absolute Gasteiger partial charge is 0.256 e. The van der Waals surface area contributed by atoms with Gasteiger partial charge >= 0.3 is 0 Å². The molecule has 94 valence electrons. The van der Waals surface area contributed by atoms with Gasteiger partial charge in [-0.15, -0.1) is 0 Å². The van der Waals surface area contributed by atoms with Crippen molar-refractivity contribution < 1.29 is 8.78 Å². The highest BCUT2D eigenvalue weighted by Crippen LogP contribution is 2.34. The van der Waals surface area contributed by atoms with Crippen LogP contribution in [0.4, 0.5) is 14.5 Å². The molecule has 1 aromatic heterocycles. The maximum Gasteiger partial charge on any atom is 0.256 e. The summed E-state index contributed by atoms with van der Waals surface area (Å²) in [6.45, 7) is 0.578. The number of hydrogen-bond acceptors (Lipinski definition) is 2. The van der Waals surface area contributed by atoms with E-state index in [1.807, 2.05) is 12.1 Å². The Morgan fingerprint density at radius 1 is 1.39 bits per heavy atom. The number of nitrogens with one attached hydrogen (secondary N) is 1. The van der Waals surface area contributed by atoms with Gasteiger partial charge in [0.25, 0.3) is 6.43 Å². The molecule has 3 nitrogen and oxygen atoms in total. The Hall–Kier alpha value is -1.91. The molecule has 18 heavy (non-hydrogen) atoms. The highest BCUT2D eigenvalue weighted by atomic mass is 19.3. The van der Waals surface area contributed by atoms with Gasteiger partial charge in [0.2, 0.25) is 0 Å². The van der Waals surface area contributed by atoms with E-state index >= 15 is 0 Å². The zero-order chi connectivity index (χ0) is 12.5. The van der Waals surface area contributed by atoms with Crippen molar-refractivity contribution in [3.63, 3.8) is 0 Å². The van der Waals surface area contributed by atoms with Gasteiger partial charge in [0.1, 0.15) is 0 Å². The number of nitrogens with zero attached hydrogens (tertiary/aromatic N) is 2. The van der Waals surface area contributed by atoms with Gasteiger partial charge in [0.15, 0.2) is 0 Å². The summed E-state index contributed by atoms with van der Waals surface area (Å²) in [6, 6.07) is 5.96. The van der Waals surface area contributed by atoms with Crippen molar-refractivity contribution in [2.24, 2.45) is 0 Å². The van der Waals surface area contributed by atoms with Crippen molar-refractivity contribution in [3.8, 4) is 11.3 Å². The Bertz CT molecular complexity index is 563. The van der Waals surface area contributed by atoms with Crippen molar-refractivity contribution >= 4 is 5.69 Å². The van der Waals surface area contributed by atoms with E-state index in [2.05, 4.69) is 16.4 Å². The van der Waals surface area contributed by atoms with Crippen LogP contribution in [0, 0.1) is 0 Å². The van der Waals surface area contributed by atoms with Gasteiger partial charge in [-0.3, -0.25) is 0 Å². The average molecular weight is 249 g/mol. The predicted octanol–water partition coefficient (Wildman–Crippen LogP) is 2.78. The highest BCUT2D eigenvalue weighted by molar-refractivity contribution is 5.79. The molecular weight excluding hydrogens is 236 g/mol. The van der Waals surface area contributed by atoms with Gasteiger partial charge in [-0.25, -0.2) is 13.8 Å². The minimum Gasteiger partial charge on any atom is -0.384 e. The first kappa shape index (κ1) is 11.2. The third-order valence-electron chi connectivity index (χ3n) is 3.17. The van der Waals surface area contributed by atoms with E-state index in [1.165, 1.54) is 16.5 Å². The number of imidazole rings is 1. The monoisotopic (exact) mass is 249 g/mol. The first-order chi connectivity index (χ1) is 8.75. The van der Waals surface area contributed by atoms with Crippen molar-refractivity contribution in [1.29, 1.82) is 0 Å². The fourth-order valence-corrected chi connectivity index (χ4v) is 2.39. The van der Waals surface area contributed by atoms with Crippen molar-refractivity contribution in [1.82, 2.24) is 9.55 Å². The van der Waals surface area contributed by atoms with E-state index in [1.54, 1.807) is 6.20 Å². The largest absolute Gasteiger partial charge is 0.384 e. The van der Waals surface area contributed by atoms with Crippen LogP contribution in [0.1, 0.15) is 5.56 Å². The molecule has 0 spiro atoms. The number of hydrogen-bond donors (Lipinski definition) is 1. The van der Waals surface area contributed by atoms with Crippen molar-refractivity contribution in [2.75, 3.05) is 11.9 Å². The lowest BCUT2D eigenvalue weighted by Gasteiger charge is -2.11. The van der Waals surface area contributed by atoms with E-state index < -0.39 is 6.43 Å². The molecular formula is C13H13F2N3. The SMILES string of the molecule is FC(F)Cn1cncc1-c1cccc2c1NCC2. The minimum absolute atomic E-state index is 0.320. The number of anilines is 1. The molecule has 0 bridgehead atoms. The number of benzene rings is 1. The molecule has 5 heteroatoms. The Balaban J connectivity index is 2.05. The third kappa shape index (κ3) is 1.85. The standard InChI is InChI=1S/C13H13F2N3/c14-12(15)7-18-8-16-6-11(18)10-3-1-2-9-4-5-17-13(9)10/h1-3,6,8,12,17H,4-5,7H2. The molecule has 0 radical (unpaired) electrons. The lowest BCUT2D eigenvalue weighted by molar-refractivity contribution is 0.127. The average Bonchev–Trinajstić information content (AvgIpc) is 2.95. The van der Waals surface area contributed by atoms with Crippen LogP contribution in [-0.2, 0) is 13.0 Å². The maximum absolute atomic E-state index is 12.5. The third-order valence-corrected chi connectivity index (χ3v) is 3.17. The number of alkyl halides is 2. The molecule has 0 aliphatic carbocycles. The number of rotatable bonds is 3. The van der Waals surface area contributed by atoms with Crippen LogP contribution in [0.15, 0.2) is 30.7 Å². The molecule has 0 saturated heterocycles. The number of para-hydroxylation sites is 1. The van der Waals surface area contributed by atoms with Gasteiger partial charge < -0.3 is 9.88 Å². The Kier molecular flexibility index (Phi) is 2.74.